The summed E-state index contributed by atoms with van der Waals surface area (Å²) in [7, 11) is 0. The second kappa shape index (κ2) is 20.8. The highest BCUT2D eigenvalue weighted by Crippen LogP contribution is 2.50. The van der Waals surface area contributed by atoms with Gasteiger partial charge >= 0.3 is 0 Å². The largest absolute Gasteiger partial charge is 0.456 e. The molecule has 0 saturated heterocycles. The number of benzene rings is 17. The molecule has 0 spiro atoms. The molecular formula is C90H54O2. The van der Waals surface area contributed by atoms with Crippen LogP contribution in [-0.4, -0.2) is 0 Å². The molecule has 19 rings (SSSR count). The Bertz CT molecular complexity index is 6140. The number of fused-ring (bicyclic) bond motifs is 12. The van der Waals surface area contributed by atoms with Crippen molar-refractivity contribution in [3.63, 3.8) is 0 Å². The second-order valence-corrected chi connectivity index (χ2v) is 24.5. The van der Waals surface area contributed by atoms with Crippen molar-refractivity contribution in [2.45, 2.75) is 0 Å². The molecule has 0 saturated carbocycles. The summed E-state index contributed by atoms with van der Waals surface area (Å²) in [6, 6.07) is 120. The molecule has 0 aliphatic rings. The Morgan fingerprint density at radius 3 is 1.14 bits per heavy atom. The lowest BCUT2D eigenvalue weighted by Crippen LogP contribution is -1.92. The van der Waals surface area contributed by atoms with Gasteiger partial charge in [-0.1, -0.05) is 261 Å². The Kier molecular flexibility index (Phi) is 11.7. The number of para-hydroxylation sites is 1. The minimum atomic E-state index is 0.861. The Morgan fingerprint density at radius 2 is 0.500 bits per heavy atom. The predicted octanol–water partition coefficient (Wildman–Crippen LogP) is 25.7. The first-order chi connectivity index (χ1) is 45.6. The molecule has 2 aromatic heterocycles. The average molecular weight is 1170 g/mol. The van der Waals surface area contributed by atoms with Crippen molar-refractivity contribution in [1.29, 1.82) is 0 Å². The zero-order valence-electron chi connectivity index (χ0n) is 50.0. The molecular weight excluding hydrogens is 1110 g/mol. The molecule has 17 aromatic carbocycles. The van der Waals surface area contributed by atoms with Crippen LogP contribution in [0.15, 0.2) is 336 Å². The van der Waals surface area contributed by atoms with Gasteiger partial charge in [0.2, 0.25) is 0 Å². The van der Waals surface area contributed by atoms with E-state index in [4.69, 9.17) is 8.83 Å². The first kappa shape index (κ1) is 51.9. The Labute approximate surface area is 530 Å². The Hall–Kier alpha value is -12.1. The van der Waals surface area contributed by atoms with Crippen LogP contribution in [0.5, 0.6) is 0 Å². The minimum Gasteiger partial charge on any atom is -0.456 e. The summed E-state index contributed by atoms with van der Waals surface area (Å²) in [5, 5.41) is 19.2. The number of hydrogen-bond donors (Lipinski definition) is 0. The van der Waals surface area contributed by atoms with Crippen molar-refractivity contribution in [2.24, 2.45) is 0 Å². The molecule has 0 atom stereocenters. The number of furan rings is 2. The zero-order valence-corrected chi connectivity index (χ0v) is 50.0. The fraction of sp³-hybridized carbons (Fsp3) is 0. The SMILES string of the molecule is c1ccc(-c2cc(-c3cccc(-c4ccc5c(c4)oc4ccc(-c6cccc7c(-c8c9ccccc9c(-c9cccc%10ccccc9%10)c9ccccc89)cccc67)cc45)c3)cc(-c3c4ccccc4c(-c4ccc5oc6ccccc6c5c4)c4ccccc34)c2)cc1. The van der Waals surface area contributed by atoms with E-state index in [0.29, 0.717) is 0 Å². The van der Waals surface area contributed by atoms with Crippen LogP contribution in [0.3, 0.4) is 0 Å². The van der Waals surface area contributed by atoms with E-state index in [0.717, 1.165) is 77.3 Å². The van der Waals surface area contributed by atoms with E-state index in [9.17, 15) is 0 Å². The van der Waals surface area contributed by atoms with Gasteiger partial charge in [0.15, 0.2) is 0 Å². The van der Waals surface area contributed by atoms with Gasteiger partial charge in [-0.15, -0.1) is 0 Å². The fourth-order valence-corrected chi connectivity index (χ4v) is 15.3. The first-order valence-electron chi connectivity index (χ1n) is 31.7. The van der Waals surface area contributed by atoms with Gasteiger partial charge in [-0.05, 0) is 220 Å². The van der Waals surface area contributed by atoms with Gasteiger partial charge in [0.05, 0.1) is 0 Å². The lowest BCUT2D eigenvalue weighted by Gasteiger charge is -2.20. The molecule has 0 bridgehead atoms. The highest BCUT2D eigenvalue weighted by molar-refractivity contribution is 6.27. The number of hydrogen-bond acceptors (Lipinski definition) is 2. The van der Waals surface area contributed by atoms with Crippen molar-refractivity contribution in [1.82, 2.24) is 0 Å². The monoisotopic (exact) mass is 1170 g/mol. The maximum atomic E-state index is 6.80. The van der Waals surface area contributed by atoms with Crippen molar-refractivity contribution in [3.05, 3.63) is 328 Å². The van der Waals surface area contributed by atoms with E-state index in [-0.39, 0.29) is 0 Å². The van der Waals surface area contributed by atoms with Gasteiger partial charge < -0.3 is 8.83 Å². The minimum absolute atomic E-state index is 0.861. The van der Waals surface area contributed by atoms with E-state index in [1.54, 1.807) is 0 Å². The average Bonchev–Trinajstić information content (AvgIpc) is 1.08. The topological polar surface area (TPSA) is 26.3 Å². The van der Waals surface area contributed by atoms with Crippen molar-refractivity contribution >= 4 is 109 Å². The van der Waals surface area contributed by atoms with Crippen LogP contribution >= 0.6 is 0 Å². The van der Waals surface area contributed by atoms with Gasteiger partial charge in [0.25, 0.3) is 0 Å². The highest BCUT2D eigenvalue weighted by Gasteiger charge is 2.23. The molecule has 2 heterocycles. The molecule has 2 nitrogen and oxygen atoms in total. The molecule has 92 heavy (non-hydrogen) atoms. The third-order valence-electron chi connectivity index (χ3n) is 19.4. The molecule has 0 unspecified atom stereocenters. The van der Waals surface area contributed by atoms with Gasteiger partial charge in [-0.2, -0.15) is 0 Å². The summed E-state index contributed by atoms with van der Waals surface area (Å²) >= 11 is 0. The molecule has 0 amide bonds. The van der Waals surface area contributed by atoms with Crippen molar-refractivity contribution < 1.29 is 8.83 Å². The maximum Gasteiger partial charge on any atom is 0.136 e. The molecule has 426 valence electrons. The van der Waals surface area contributed by atoms with Crippen LogP contribution < -0.4 is 0 Å². The Balaban J connectivity index is 0.703. The Morgan fingerprint density at radius 1 is 0.141 bits per heavy atom. The van der Waals surface area contributed by atoms with E-state index in [1.807, 2.05) is 6.07 Å². The second-order valence-electron chi connectivity index (χ2n) is 24.5. The van der Waals surface area contributed by atoms with Gasteiger partial charge in [0, 0.05) is 21.5 Å². The van der Waals surface area contributed by atoms with Crippen molar-refractivity contribution in [2.75, 3.05) is 0 Å². The summed E-state index contributed by atoms with van der Waals surface area (Å²) in [4.78, 5) is 0. The molecule has 0 aliphatic carbocycles. The summed E-state index contributed by atoms with van der Waals surface area (Å²) < 4.78 is 13.1. The molecule has 0 aliphatic heterocycles. The third kappa shape index (κ3) is 8.21. The van der Waals surface area contributed by atoms with Gasteiger partial charge in [-0.25, -0.2) is 0 Å². The van der Waals surface area contributed by atoms with Crippen LogP contribution in [0.4, 0.5) is 0 Å². The lowest BCUT2D eigenvalue weighted by molar-refractivity contribution is 0.668. The molecule has 2 heteroatoms. The third-order valence-corrected chi connectivity index (χ3v) is 19.4. The quantitative estimate of drug-likeness (QED) is 0.142. The zero-order chi connectivity index (χ0) is 60.4. The summed E-state index contributed by atoms with van der Waals surface area (Å²) in [6.07, 6.45) is 0. The fourth-order valence-electron chi connectivity index (χ4n) is 15.3. The standard InChI is InChI=1S/C90H54O2/c1-2-20-55(21-3-1)62-49-63(51-64(50-62)88-75-30-8-6-28-73(75)87(74-29-7-9-31-76(74)88)61-44-47-84-82(53-61)69-27-14-15-41-83(69)91-84)58-25-16-24-57(48-58)59-42-45-70-81-52-60(43-46-85(81)92-86(70)54-59)66-36-18-38-68-67(66)37-19-40-72(68)90-79-34-12-10-32-77(79)89(78-33-11-13-35-80(78)90)71-39-17-23-56-22-4-5-26-65(56)71/h1-54H. The molecule has 0 radical (unpaired) electrons. The maximum absolute atomic E-state index is 6.80. The smallest absolute Gasteiger partial charge is 0.136 e. The van der Waals surface area contributed by atoms with E-state index in [2.05, 4.69) is 322 Å². The van der Waals surface area contributed by atoms with Crippen LogP contribution in [0, 0.1) is 0 Å². The van der Waals surface area contributed by atoms with Gasteiger partial charge in [-0.3, -0.25) is 0 Å². The summed E-state index contributed by atoms with van der Waals surface area (Å²) in [5.41, 5.74) is 22.5. The summed E-state index contributed by atoms with van der Waals surface area (Å²) in [6.45, 7) is 0. The summed E-state index contributed by atoms with van der Waals surface area (Å²) in [5.74, 6) is 0. The number of rotatable bonds is 8. The van der Waals surface area contributed by atoms with Crippen LogP contribution in [0.1, 0.15) is 0 Å². The first-order valence-corrected chi connectivity index (χ1v) is 31.7. The highest BCUT2D eigenvalue weighted by atomic mass is 16.3. The van der Waals surface area contributed by atoms with Crippen LogP contribution in [-0.2, 0) is 0 Å². The normalized spacial score (nSPS) is 11.9. The molecule has 19 aromatic rings. The molecule has 0 N–H and O–H groups in total. The predicted molar refractivity (Wildman–Crippen MR) is 390 cm³/mol. The molecule has 0 fully saturated rings. The van der Waals surface area contributed by atoms with E-state index in [1.165, 1.54) is 120 Å². The van der Waals surface area contributed by atoms with Crippen LogP contribution in [0.25, 0.3) is 198 Å². The van der Waals surface area contributed by atoms with E-state index < -0.39 is 0 Å². The van der Waals surface area contributed by atoms with E-state index >= 15 is 0 Å². The van der Waals surface area contributed by atoms with Crippen molar-refractivity contribution in [3.8, 4) is 89.0 Å². The van der Waals surface area contributed by atoms with Crippen LogP contribution in [0.2, 0.25) is 0 Å². The van der Waals surface area contributed by atoms with Gasteiger partial charge in [0.1, 0.15) is 22.3 Å². The lowest BCUT2D eigenvalue weighted by atomic mass is 9.83.